The molecule has 4 saturated carbocycles. The first-order chi connectivity index (χ1) is 30.7. The summed E-state index contributed by atoms with van der Waals surface area (Å²) in [7, 11) is 0. The summed E-state index contributed by atoms with van der Waals surface area (Å²) in [5, 5.41) is 137. The molecule has 0 amide bonds. The standard InChI is InChI=1S/C45H76O20/c1-18(17-59-40-36(56)33(53)29(49)24(14-46)61-40)7-12-45(58)19(2)27-38(65-45)32(52)28-22-6-5-20-13-21(8-10-43(20,3)23(22)9-11-44(27,28)4)60-42-39(35(55)31(51)26(16-48)63-42)64-41-37(57)34(54)30(50)25(15-47)62-41/h18-42,46-58H,5-17H2,1-4H3/t18-,19-,20+,21-,22+,23-,24+,25+,26+,27-,28?,29+,30+,31-,32?,33-,34-,35-,36+,37+,38+,39+,40+,41-,42+,43-,44+,45?/m0/s1. The van der Waals surface area contributed by atoms with Crippen LogP contribution in [0.2, 0.25) is 0 Å². The Labute approximate surface area is 379 Å². The van der Waals surface area contributed by atoms with E-state index in [1.54, 1.807) is 0 Å². The second-order valence-corrected chi connectivity index (χ2v) is 21.6. The molecule has 8 rings (SSSR count). The van der Waals surface area contributed by atoms with Crippen molar-refractivity contribution in [3.8, 4) is 0 Å². The smallest absolute Gasteiger partial charge is 0.187 e. The topological polar surface area (TPSA) is 328 Å². The van der Waals surface area contributed by atoms with E-state index < -0.39 is 130 Å². The van der Waals surface area contributed by atoms with Crippen molar-refractivity contribution in [3.63, 3.8) is 0 Å². The summed E-state index contributed by atoms with van der Waals surface area (Å²) in [6.45, 7) is 6.79. The van der Waals surface area contributed by atoms with Crippen molar-refractivity contribution in [2.45, 2.75) is 202 Å². The molecule has 0 aromatic carbocycles. The molecule has 4 aliphatic heterocycles. The summed E-state index contributed by atoms with van der Waals surface area (Å²) in [4.78, 5) is 0. The third kappa shape index (κ3) is 8.78. The summed E-state index contributed by atoms with van der Waals surface area (Å²) >= 11 is 0. The van der Waals surface area contributed by atoms with E-state index in [0.29, 0.717) is 25.2 Å². The Morgan fingerprint density at radius 3 is 1.82 bits per heavy atom. The summed E-state index contributed by atoms with van der Waals surface area (Å²) in [5.74, 6) is -1.18. The highest BCUT2D eigenvalue weighted by Gasteiger charge is 2.71. The van der Waals surface area contributed by atoms with Gasteiger partial charge in [0.15, 0.2) is 24.7 Å². The van der Waals surface area contributed by atoms with Gasteiger partial charge in [-0.1, -0.05) is 27.7 Å². The first-order valence-electron chi connectivity index (χ1n) is 24.0. The number of aliphatic hydroxyl groups excluding tert-OH is 12. The highest BCUT2D eigenvalue weighted by Crippen LogP contribution is 2.71. The Morgan fingerprint density at radius 1 is 0.615 bits per heavy atom. The molecule has 20 nitrogen and oxygen atoms in total. The molecule has 4 saturated heterocycles. The van der Waals surface area contributed by atoms with Gasteiger partial charge in [0.25, 0.3) is 0 Å². The molecular formula is C45H76O20. The van der Waals surface area contributed by atoms with Gasteiger partial charge in [-0.2, -0.15) is 0 Å². The molecule has 0 aromatic heterocycles. The molecule has 4 aliphatic carbocycles. The van der Waals surface area contributed by atoms with Crippen molar-refractivity contribution < 1.29 is 99.5 Å². The maximum absolute atomic E-state index is 12.2. The first kappa shape index (κ1) is 50.6. The van der Waals surface area contributed by atoms with Crippen LogP contribution < -0.4 is 0 Å². The zero-order valence-electron chi connectivity index (χ0n) is 37.8. The minimum absolute atomic E-state index is 0.0276. The maximum Gasteiger partial charge on any atom is 0.187 e. The zero-order chi connectivity index (χ0) is 47.1. The van der Waals surface area contributed by atoms with E-state index in [9.17, 15) is 66.4 Å². The van der Waals surface area contributed by atoms with Crippen LogP contribution in [0.15, 0.2) is 0 Å². The van der Waals surface area contributed by atoms with Crippen molar-refractivity contribution >= 4 is 0 Å². The lowest BCUT2D eigenvalue weighted by Crippen LogP contribution is -2.65. The Hall–Kier alpha value is -0.800. The number of rotatable bonds is 13. The van der Waals surface area contributed by atoms with Gasteiger partial charge in [0.2, 0.25) is 0 Å². The van der Waals surface area contributed by atoms with Gasteiger partial charge in [0.1, 0.15) is 73.2 Å². The van der Waals surface area contributed by atoms with Gasteiger partial charge in [-0.25, -0.2) is 0 Å². The monoisotopic (exact) mass is 936 g/mol. The van der Waals surface area contributed by atoms with Crippen LogP contribution in [0, 0.1) is 52.3 Å². The van der Waals surface area contributed by atoms with Crippen LogP contribution in [0.5, 0.6) is 0 Å². The minimum Gasteiger partial charge on any atom is -0.394 e. The third-order valence-corrected chi connectivity index (χ3v) is 18.0. The Balaban J connectivity index is 0.885. The van der Waals surface area contributed by atoms with Crippen LogP contribution >= 0.6 is 0 Å². The lowest BCUT2D eigenvalue weighted by Gasteiger charge is -2.61. The predicted octanol–water partition coefficient (Wildman–Crippen LogP) is -2.81. The average molecular weight is 937 g/mol. The molecular weight excluding hydrogens is 860 g/mol. The van der Waals surface area contributed by atoms with E-state index in [1.807, 2.05) is 13.8 Å². The molecule has 0 bridgehead atoms. The van der Waals surface area contributed by atoms with Crippen LogP contribution in [0.4, 0.5) is 0 Å². The van der Waals surface area contributed by atoms with Gasteiger partial charge in [0, 0.05) is 18.3 Å². The normalized spacial score (nSPS) is 56.1. The molecule has 65 heavy (non-hydrogen) atoms. The first-order valence-corrected chi connectivity index (χ1v) is 24.0. The fourth-order valence-corrected chi connectivity index (χ4v) is 14.2. The van der Waals surface area contributed by atoms with Gasteiger partial charge in [0.05, 0.1) is 44.7 Å². The van der Waals surface area contributed by atoms with E-state index in [4.69, 9.17) is 33.2 Å². The van der Waals surface area contributed by atoms with Crippen LogP contribution in [0.1, 0.15) is 85.5 Å². The van der Waals surface area contributed by atoms with Crippen LogP contribution in [0.25, 0.3) is 0 Å². The highest BCUT2D eigenvalue weighted by molar-refractivity contribution is 5.18. The van der Waals surface area contributed by atoms with Crippen molar-refractivity contribution in [1.82, 2.24) is 0 Å². The van der Waals surface area contributed by atoms with Crippen molar-refractivity contribution in [2.24, 2.45) is 52.3 Å². The number of ether oxygens (including phenoxy) is 7. The van der Waals surface area contributed by atoms with E-state index in [1.165, 1.54) is 0 Å². The molecule has 20 heteroatoms. The van der Waals surface area contributed by atoms with Crippen molar-refractivity contribution in [1.29, 1.82) is 0 Å². The SMILES string of the molecule is C[C@@H](CCC1(O)O[C@H]2C(O)C3[C@@H]4CC[C@@H]5C[C@@H](O[C@@H]6O[C@H](CO)[C@H](O)[C@H](O)[C@H]6O[C@@H]6O[C@H](CO)[C@@H](O)[C@H](O)[C@H]6O)CC[C@]5(C)[C@H]4CC[C@]3(C)[C@H]2[C@@H]1C)CO[C@@H]1O[C@H](CO)[C@@H](O)[C@H](O)[C@H]1O. The van der Waals surface area contributed by atoms with Crippen LogP contribution in [0.3, 0.4) is 0 Å². The second kappa shape index (κ2) is 19.4. The molecule has 8 fully saturated rings. The Bertz CT molecular complexity index is 1600. The second-order valence-electron chi connectivity index (χ2n) is 21.6. The van der Waals surface area contributed by atoms with Gasteiger partial charge in [-0.15, -0.1) is 0 Å². The molecule has 376 valence electrons. The molecule has 28 atom stereocenters. The van der Waals surface area contributed by atoms with Crippen molar-refractivity contribution in [2.75, 3.05) is 26.4 Å². The summed E-state index contributed by atoms with van der Waals surface area (Å²) in [6, 6.07) is 0. The van der Waals surface area contributed by atoms with Gasteiger partial charge in [-0.05, 0) is 91.8 Å². The Morgan fingerprint density at radius 2 is 1.18 bits per heavy atom. The summed E-state index contributed by atoms with van der Waals surface area (Å²) < 4.78 is 41.7. The lowest BCUT2D eigenvalue weighted by molar-refractivity contribution is -0.373. The number of aliphatic hydroxyl groups is 13. The molecule has 0 aromatic rings. The quantitative estimate of drug-likeness (QED) is 0.0829. The number of hydrogen-bond acceptors (Lipinski definition) is 20. The highest BCUT2D eigenvalue weighted by atomic mass is 16.8. The lowest BCUT2D eigenvalue weighted by atomic mass is 9.44. The zero-order valence-corrected chi connectivity index (χ0v) is 37.8. The van der Waals surface area contributed by atoms with E-state index in [-0.39, 0.29) is 65.5 Å². The summed E-state index contributed by atoms with van der Waals surface area (Å²) in [6.07, 6.45) is -17.3. The molecule has 8 aliphatic rings. The number of fused-ring (bicyclic) bond motifs is 7. The van der Waals surface area contributed by atoms with Gasteiger partial charge >= 0.3 is 0 Å². The molecule has 3 unspecified atom stereocenters. The molecule has 13 N–H and O–H groups in total. The largest absolute Gasteiger partial charge is 0.394 e. The van der Waals surface area contributed by atoms with Gasteiger partial charge < -0.3 is 99.5 Å². The summed E-state index contributed by atoms with van der Waals surface area (Å²) in [5.41, 5.74) is -0.356. The maximum atomic E-state index is 12.2. The third-order valence-electron chi connectivity index (χ3n) is 18.0. The fourth-order valence-electron chi connectivity index (χ4n) is 14.2. The average Bonchev–Trinajstić information content (AvgIpc) is 3.69. The van der Waals surface area contributed by atoms with E-state index >= 15 is 0 Å². The fraction of sp³-hybridized carbons (Fsp3) is 1.00. The van der Waals surface area contributed by atoms with E-state index in [0.717, 1.165) is 32.1 Å². The Kier molecular flexibility index (Phi) is 15.1. The number of hydrogen-bond donors (Lipinski definition) is 13. The van der Waals surface area contributed by atoms with Crippen LogP contribution in [-0.2, 0) is 33.2 Å². The van der Waals surface area contributed by atoms with Crippen LogP contribution in [-0.4, -0.2) is 209 Å². The minimum atomic E-state index is -1.77. The predicted molar refractivity (Wildman–Crippen MR) is 220 cm³/mol. The van der Waals surface area contributed by atoms with Crippen molar-refractivity contribution in [3.05, 3.63) is 0 Å². The van der Waals surface area contributed by atoms with Gasteiger partial charge in [-0.3, -0.25) is 0 Å². The van der Waals surface area contributed by atoms with E-state index in [2.05, 4.69) is 13.8 Å². The molecule has 0 spiro atoms. The molecule has 0 radical (unpaired) electrons. The molecule has 4 heterocycles.